The molecule has 1 amide bonds. The van der Waals surface area contributed by atoms with E-state index in [1.54, 1.807) is 24.8 Å². The van der Waals surface area contributed by atoms with Gasteiger partial charge in [-0.3, -0.25) is 19.9 Å². The van der Waals surface area contributed by atoms with Crippen molar-refractivity contribution in [2.24, 2.45) is 0 Å². The predicted octanol–water partition coefficient (Wildman–Crippen LogP) is 6.41. The molecule has 0 bridgehead atoms. The number of pyridine rings is 3. The van der Waals surface area contributed by atoms with E-state index >= 15 is 0 Å². The van der Waals surface area contributed by atoms with E-state index in [1.165, 1.54) is 0 Å². The number of rotatable bonds is 6. The van der Waals surface area contributed by atoms with Crippen molar-refractivity contribution < 1.29 is 4.79 Å². The van der Waals surface area contributed by atoms with E-state index in [9.17, 15) is 4.79 Å². The highest BCUT2D eigenvalue weighted by Crippen LogP contribution is 2.34. The third-order valence-electron chi connectivity index (χ3n) is 6.85. The zero-order chi connectivity index (χ0) is 26.9. The molecular weight excluding hydrogens is 498 g/mol. The van der Waals surface area contributed by atoms with Crippen LogP contribution >= 0.6 is 0 Å². The molecule has 5 heterocycles. The molecule has 0 spiro atoms. The maximum atomic E-state index is 12.6. The van der Waals surface area contributed by atoms with Crippen LogP contribution in [0.1, 0.15) is 5.56 Å². The first kappa shape index (κ1) is 23.5. The molecule has 0 unspecified atom stereocenters. The van der Waals surface area contributed by atoms with Crippen molar-refractivity contribution in [1.82, 2.24) is 30.1 Å². The summed E-state index contributed by atoms with van der Waals surface area (Å²) < 4.78 is 0. The third-order valence-corrected chi connectivity index (χ3v) is 6.85. The van der Waals surface area contributed by atoms with E-state index in [2.05, 4.69) is 47.6 Å². The molecule has 0 aliphatic heterocycles. The van der Waals surface area contributed by atoms with Gasteiger partial charge in [0.05, 0.1) is 35.2 Å². The Morgan fingerprint density at radius 2 is 1.70 bits per heavy atom. The van der Waals surface area contributed by atoms with Gasteiger partial charge in [0.2, 0.25) is 5.91 Å². The number of aromatic amines is 2. The molecule has 0 atom stereocenters. The Hall–Kier alpha value is -5.63. The van der Waals surface area contributed by atoms with Crippen LogP contribution in [-0.4, -0.2) is 36.0 Å². The van der Waals surface area contributed by atoms with Crippen molar-refractivity contribution in [2.75, 3.05) is 5.32 Å². The highest BCUT2D eigenvalue weighted by Gasteiger charge is 2.15. The van der Waals surface area contributed by atoms with Gasteiger partial charge >= 0.3 is 0 Å². The number of H-pyrrole nitrogens is 2. The van der Waals surface area contributed by atoms with Gasteiger partial charge in [0.15, 0.2) is 0 Å². The molecule has 0 aliphatic rings. The Morgan fingerprint density at radius 1 is 0.800 bits per heavy atom. The van der Waals surface area contributed by atoms with Crippen molar-refractivity contribution in [3.05, 3.63) is 115 Å². The average molecular weight is 522 g/mol. The van der Waals surface area contributed by atoms with Crippen LogP contribution in [0.3, 0.4) is 0 Å². The SMILES string of the molecule is O=C(Cc1ccccc1)Nc1cncc(-c2ccc3[nH]nc(-c4cc5c(-c6ccccn6)ccnc5[nH]4)c3c2)c1. The molecule has 0 aliphatic carbocycles. The van der Waals surface area contributed by atoms with E-state index in [4.69, 9.17) is 0 Å². The van der Waals surface area contributed by atoms with Crippen molar-refractivity contribution >= 4 is 33.5 Å². The van der Waals surface area contributed by atoms with Gasteiger partial charge in [-0.25, -0.2) is 4.98 Å². The van der Waals surface area contributed by atoms with Crippen molar-refractivity contribution in [3.63, 3.8) is 0 Å². The number of anilines is 1. The lowest BCUT2D eigenvalue weighted by atomic mass is 10.0. The van der Waals surface area contributed by atoms with E-state index < -0.39 is 0 Å². The van der Waals surface area contributed by atoms with Crippen LogP contribution in [0.25, 0.3) is 55.7 Å². The van der Waals surface area contributed by atoms with Gasteiger partial charge in [-0.2, -0.15) is 5.10 Å². The first-order chi connectivity index (χ1) is 19.7. The van der Waals surface area contributed by atoms with Gasteiger partial charge < -0.3 is 10.3 Å². The first-order valence-corrected chi connectivity index (χ1v) is 12.9. The minimum Gasteiger partial charge on any atom is -0.338 e. The molecular formula is C32H23N7O. The maximum absolute atomic E-state index is 12.6. The lowest BCUT2D eigenvalue weighted by Crippen LogP contribution is -2.14. The van der Waals surface area contributed by atoms with Gasteiger partial charge in [-0.05, 0) is 53.6 Å². The average Bonchev–Trinajstić information content (AvgIpc) is 3.62. The number of aromatic nitrogens is 6. The molecule has 5 aromatic heterocycles. The fourth-order valence-electron chi connectivity index (χ4n) is 4.95. The Morgan fingerprint density at radius 3 is 2.58 bits per heavy atom. The van der Waals surface area contributed by atoms with Crippen LogP contribution in [0, 0.1) is 0 Å². The Bertz CT molecular complexity index is 1980. The summed E-state index contributed by atoms with van der Waals surface area (Å²) in [5, 5.41) is 12.7. The van der Waals surface area contributed by atoms with Crippen LogP contribution in [0.15, 0.2) is 110 Å². The van der Waals surface area contributed by atoms with Gasteiger partial charge in [0, 0.05) is 40.5 Å². The molecule has 3 N–H and O–H groups in total. The van der Waals surface area contributed by atoms with Crippen LogP contribution in [0.4, 0.5) is 5.69 Å². The summed E-state index contributed by atoms with van der Waals surface area (Å²) in [4.78, 5) is 29.5. The van der Waals surface area contributed by atoms with Gasteiger partial charge in [0.1, 0.15) is 11.3 Å². The Labute approximate surface area is 229 Å². The summed E-state index contributed by atoms with van der Waals surface area (Å²) >= 11 is 0. The summed E-state index contributed by atoms with van der Waals surface area (Å²) in [6.45, 7) is 0. The number of hydrogen-bond acceptors (Lipinski definition) is 5. The van der Waals surface area contributed by atoms with Gasteiger partial charge in [0.25, 0.3) is 0 Å². The zero-order valence-corrected chi connectivity index (χ0v) is 21.3. The fourth-order valence-corrected chi connectivity index (χ4v) is 4.95. The largest absolute Gasteiger partial charge is 0.338 e. The van der Waals surface area contributed by atoms with Crippen molar-refractivity contribution in [2.45, 2.75) is 6.42 Å². The Kier molecular flexibility index (Phi) is 5.82. The monoisotopic (exact) mass is 521 g/mol. The van der Waals surface area contributed by atoms with E-state index in [-0.39, 0.29) is 5.91 Å². The highest BCUT2D eigenvalue weighted by atomic mass is 16.1. The topological polar surface area (TPSA) is 112 Å². The number of nitrogens with one attached hydrogen (secondary N) is 3. The Balaban J connectivity index is 1.21. The second kappa shape index (κ2) is 9.92. The fraction of sp³-hybridized carbons (Fsp3) is 0.0312. The van der Waals surface area contributed by atoms with E-state index in [1.807, 2.05) is 72.8 Å². The lowest BCUT2D eigenvalue weighted by Gasteiger charge is -2.08. The second-order valence-electron chi connectivity index (χ2n) is 9.52. The predicted molar refractivity (Wildman–Crippen MR) is 156 cm³/mol. The first-order valence-electron chi connectivity index (χ1n) is 12.9. The minimum atomic E-state index is -0.0878. The van der Waals surface area contributed by atoms with E-state index in [0.717, 1.165) is 61.3 Å². The number of fused-ring (bicyclic) bond motifs is 2. The molecule has 192 valence electrons. The summed E-state index contributed by atoms with van der Waals surface area (Å²) in [5.41, 5.74) is 8.69. The number of benzene rings is 2. The number of carbonyl (C=O) groups is 1. The number of hydrogen-bond donors (Lipinski definition) is 3. The number of nitrogens with zero attached hydrogens (tertiary/aromatic N) is 4. The number of carbonyl (C=O) groups excluding carboxylic acids is 1. The molecule has 7 rings (SSSR count). The normalized spacial score (nSPS) is 11.2. The summed E-state index contributed by atoms with van der Waals surface area (Å²) in [6.07, 6.45) is 7.32. The van der Waals surface area contributed by atoms with E-state index in [0.29, 0.717) is 12.1 Å². The van der Waals surface area contributed by atoms with Crippen LogP contribution < -0.4 is 5.32 Å². The second-order valence-corrected chi connectivity index (χ2v) is 9.52. The third kappa shape index (κ3) is 4.48. The van der Waals surface area contributed by atoms with Crippen LogP contribution in [-0.2, 0) is 11.2 Å². The summed E-state index contributed by atoms with van der Waals surface area (Å²) in [6, 6.07) is 27.6. The van der Waals surface area contributed by atoms with Crippen LogP contribution in [0.5, 0.6) is 0 Å². The molecule has 0 saturated heterocycles. The molecule has 2 aromatic carbocycles. The molecule has 7 aromatic rings. The molecule has 8 nitrogen and oxygen atoms in total. The maximum Gasteiger partial charge on any atom is 0.228 e. The summed E-state index contributed by atoms with van der Waals surface area (Å²) in [7, 11) is 0. The summed E-state index contributed by atoms with van der Waals surface area (Å²) in [5.74, 6) is -0.0878. The van der Waals surface area contributed by atoms with Gasteiger partial charge in [-0.1, -0.05) is 42.5 Å². The minimum absolute atomic E-state index is 0.0878. The lowest BCUT2D eigenvalue weighted by molar-refractivity contribution is -0.115. The molecule has 0 saturated carbocycles. The molecule has 0 fully saturated rings. The van der Waals surface area contributed by atoms with Gasteiger partial charge in [-0.15, -0.1) is 0 Å². The standard InChI is InChI=1S/C32H23N7O/c40-30(14-20-6-2-1-3-7-20)36-23-15-22(18-33-19-23)21-9-10-28-26(16-21)31(39-38-28)29-17-25-24(11-13-35-32(25)37-29)27-8-4-5-12-34-27/h1-13,15-19H,14H2,(H,35,37)(H,36,40)(H,38,39). The quantitative estimate of drug-likeness (QED) is 0.234. The smallest absolute Gasteiger partial charge is 0.228 e. The number of amides is 1. The van der Waals surface area contributed by atoms with Crippen molar-refractivity contribution in [1.29, 1.82) is 0 Å². The highest BCUT2D eigenvalue weighted by molar-refractivity contribution is 6.00. The van der Waals surface area contributed by atoms with Crippen molar-refractivity contribution in [3.8, 4) is 33.8 Å². The molecule has 8 heteroatoms. The zero-order valence-electron chi connectivity index (χ0n) is 21.3. The molecule has 40 heavy (non-hydrogen) atoms. The van der Waals surface area contributed by atoms with Crippen LogP contribution in [0.2, 0.25) is 0 Å². The molecule has 0 radical (unpaired) electrons.